The van der Waals surface area contributed by atoms with E-state index in [1.807, 2.05) is 19.9 Å². The highest BCUT2D eigenvalue weighted by atomic mass is 35.5. The average Bonchev–Trinajstić information content (AvgIpc) is 3.02. The number of hydrogen-bond donors (Lipinski definition) is 2. The Morgan fingerprint density at radius 2 is 1.96 bits per heavy atom. The Labute approximate surface area is 148 Å². The van der Waals surface area contributed by atoms with Crippen molar-refractivity contribution < 1.29 is 4.79 Å². The molecule has 0 aliphatic carbocycles. The molecule has 0 saturated carbocycles. The standard InChI is InChI=1S/C16H20N4O.2ClH/c1-11-5-12(2)20(19-11)10-16(21)18-7-13-3-4-14-8-17-9-15(14)6-13;;/h3-6,17H,7-10H2,1-2H3,(H,18,21);2*1H. The van der Waals surface area contributed by atoms with Crippen LogP contribution in [0.3, 0.4) is 0 Å². The topological polar surface area (TPSA) is 59.0 Å². The molecule has 7 heteroatoms. The lowest BCUT2D eigenvalue weighted by molar-refractivity contribution is -0.122. The molecule has 0 atom stereocenters. The third-order valence-corrected chi connectivity index (χ3v) is 3.79. The van der Waals surface area contributed by atoms with Crippen LogP contribution in [0.25, 0.3) is 0 Å². The highest BCUT2D eigenvalue weighted by molar-refractivity contribution is 5.85. The second kappa shape index (κ2) is 8.34. The van der Waals surface area contributed by atoms with E-state index in [4.69, 9.17) is 0 Å². The fraction of sp³-hybridized carbons (Fsp3) is 0.375. The third kappa shape index (κ3) is 4.70. The molecule has 1 aromatic heterocycles. The fourth-order valence-electron chi connectivity index (χ4n) is 2.69. The van der Waals surface area contributed by atoms with Crippen molar-refractivity contribution in [3.05, 3.63) is 52.3 Å². The first-order chi connectivity index (χ1) is 10.1. The molecule has 2 N–H and O–H groups in total. The van der Waals surface area contributed by atoms with Gasteiger partial charge in [0.05, 0.1) is 5.69 Å². The van der Waals surface area contributed by atoms with Gasteiger partial charge in [0.2, 0.25) is 5.91 Å². The van der Waals surface area contributed by atoms with Gasteiger partial charge in [0.15, 0.2) is 0 Å². The monoisotopic (exact) mass is 356 g/mol. The van der Waals surface area contributed by atoms with E-state index in [2.05, 4.69) is 33.9 Å². The average molecular weight is 357 g/mol. The number of hydrogen-bond acceptors (Lipinski definition) is 3. The van der Waals surface area contributed by atoms with E-state index in [0.29, 0.717) is 6.54 Å². The molecular formula is C16H22Cl2N4O. The van der Waals surface area contributed by atoms with Gasteiger partial charge < -0.3 is 10.6 Å². The Balaban J connectivity index is 0.00000132. The summed E-state index contributed by atoms with van der Waals surface area (Å²) in [7, 11) is 0. The number of fused-ring (bicyclic) bond motifs is 1. The van der Waals surface area contributed by atoms with E-state index < -0.39 is 0 Å². The van der Waals surface area contributed by atoms with Crippen LogP contribution in [0.5, 0.6) is 0 Å². The number of aryl methyl sites for hydroxylation is 2. The van der Waals surface area contributed by atoms with Gasteiger partial charge in [0.1, 0.15) is 6.54 Å². The first kappa shape index (κ1) is 19.5. The number of nitrogens with one attached hydrogen (secondary N) is 2. The smallest absolute Gasteiger partial charge is 0.242 e. The van der Waals surface area contributed by atoms with Crippen molar-refractivity contribution in [1.82, 2.24) is 20.4 Å². The molecule has 23 heavy (non-hydrogen) atoms. The van der Waals surface area contributed by atoms with Crippen LogP contribution in [0, 0.1) is 13.8 Å². The van der Waals surface area contributed by atoms with Gasteiger partial charge in [-0.25, -0.2) is 0 Å². The second-order valence-electron chi connectivity index (χ2n) is 5.57. The number of carbonyl (C=O) groups is 1. The molecule has 0 spiro atoms. The summed E-state index contributed by atoms with van der Waals surface area (Å²) < 4.78 is 1.73. The maximum atomic E-state index is 12.0. The first-order valence-corrected chi connectivity index (χ1v) is 7.21. The zero-order valence-electron chi connectivity index (χ0n) is 13.3. The van der Waals surface area contributed by atoms with E-state index in [0.717, 1.165) is 30.0 Å². The minimum atomic E-state index is -0.0141. The van der Waals surface area contributed by atoms with Gasteiger partial charge in [0, 0.05) is 25.3 Å². The Morgan fingerprint density at radius 3 is 2.65 bits per heavy atom. The van der Waals surface area contributed by atoms with Crippen LogP contribution in [0.2, 0.25) is 0 Å². The Bertz CT molecular complexity index is 685. The summed E-state index contributed by atoms with van der Waals surface area (Å²) in [6.07, 6.45) is 0. The molecule has 1 amide bonds. The van der Waals surface area contributed by atoms with Gasteiger partial charge in [0.25, 0.3) is 0 Å². The molecule has 0 fully saturated rings. The Hall–Kier alpha value is -1.56. The number of halogens is 2. The van der Waals surface area contributed by atoms with Crippen molar-refractivity contribution in [3.63, 3.8) is 0 Å². The maximum Gasteiger partial charge on any atom is 0.242 e. The number of benzene rings is 1. The van der Waals surface area contributed by atoms with Crippen LogP contribution in [0.1, 0.15) is 28.1 Å². The highest BCUT2D eigenvalue weighted by Gasteiger charge is 2.11. The fourth-order valence-corrected chi connectivity index (χ4v) is 2.69. The normalized spacial score (nSPS) is 12.1. The molecule has 0 bridgehead atoms. The number of carbonyl (C=O) groups excluding carboxylic acids is 1. The number of aromatic nitrogens is 2. The van der Waals surface area contributed by atoms with Gasteiger partial charge in [-0.2, -0.15) is 5.10 Å². The largest absolute Gasteiger partial charge is 0.350 e. The number of amides is 1. The van der Waals surface area contributed by atoms with Crippen molar-refractivity contribution in [2.75, 3.05) is 0 Å². The van der Waals surface area contributed by atoms with E-state index >= 15 is 0 Å². The molecule has 2 aromatic rings. The maximum absolute atomic E-state index is 12.0. The molecular weight excluding hydrogens is 335 g/mol. The molecule has 3 rings (SSSR count). The lowest BCUT2D eigenvalue weighted by Gasteiger charge is -2.08. The Kier molecular flexibility index (Phi) is 7.06. The molecule has 0 saturated heterocycles. The van der Waals surface area contributed by atoms with Gasteiger partial charge >= 0.3 is 0 Å². The SMILES string of the molecule is Cc1cc(C)n(CC(=O)NCc2ccc3c(c2)CNC3)n1.Cl.Cl. The molecule has 1 aliphatic rings. The van der Waals surface area contributed by atoms with Crippen molar-refractivity contribution >= 4 is 30.7 Å². The van der Waals surface area contributed by atoms with Crippen molar-refractivity contribution in [2.45, 2.75) is 40.0 Å². The van der Waals surface area contributed by atoms with E-state index in [-0.39, 0.29) is 37.3 Å². The van der Waals surface area contributed by atoms with Crippen LogP contribution in [0.15, 0.2) is 24.3 Å². The highest BCUT2D eigenvalue weighted by Crippen LogP contribution is 2.16. The van der Waals surface area contributed by atoms with Crippen molar-refractivity contribution in [2.24, 2.45) is 0 Å². The van der Waals surface area contributed by atoms with Crippen LogP contribution in [-0.4, -0.2) is 15.7 Å². The van der Waals surface area contributed by atoms with Crippen LogP contribution >= 0.6 is 24.8 Å². The minimum Gasteiger partial charge on any atom is -0.350 e. The molecule has 1 aliphatic heterocycles. The molecule has 126 valence electrons. The summed E-state index contributed by atoms with van der Waals surface area (Å²) in [5.41, 5.74) is 5.77. The number of nitrogens with zero attached hydrogens (tertiary/aromatic N) is 2. The molecule has 0 radical (unpaired) electrons. The lowest BCUT2D eigenvalue weighted by atomic mass is 10.1. The summed E-state index contributed by atoms with van der Waals surface area (Å²) in [6, 6.07) is 8.35. The zero-order valence-corrected chi connectivity index (χ0v) is 14.9. The van der Waals surface area contributed by atoms with Crippen molar-refractivity contribution in [3.8, 4) is 0 Å². The predicted molar refractivity (Wildman–Crippen MR) is 95.0 cm³/mol. The molecule has 0 unspecified atom stereocenters. The molecule has 1 aromatic carbocycles. The van der Waals surface area contributed by atoms with Crippen molar-refractivity contribution in [1.29, 1.82) is 0 Å². The molecule has 5 nitrogen and oxygen atoms in total. The van der Waals surface area contributed by atoms with E-state index in [1.165, 1.54) is 11.1 Å². The van der Waals surface area contributed by atoms with Gasteiger partial charge in [-0.1, -0.05) is 18.2 Å². The lowest BCUT2D eigenvalue weighted by Crippen LogP contribution is -2.28. The van der Waals surface area contributed by atoms with Gasteiger partial charge in [-0.3, -0.25) is 9.48 Å². The summed E-state index contributed by atoms with van der Waals surface area (Å²) in [5.74, 6) is -0.0141. The summed E-state index contributed by atoms with van der Waals surface area (Å²) in [5, 5.41) is 10.6. The summed E-state index contributed by atoms with van der Waals surface area (Å²) in [4.78, 5) is 12.0. The van der Waals surface area contributed by atoms with E-state index in [1.54, 1.807) is 4.68 Å². The van der Waals surface area contributed by atoms with Gasteiger partial charge in [-0.15, -0.1) is 24.8 Å². The van der Waals surface area contributed by atoms with Gasteiger partial charge in [-0.05, 0) is 36.6 Å². The quantitative estimate of drug-likeness (QED) is 0.883. The van der Waals surface area contributed by atoms with E-state index in [9.17, 15) is 4.79 Å². The summed E-state index contributed by atoms with van der Waals surface area (Å²) in [6.45, 7) is 6.58. The van der Waals surface area contributed by atoms with Crippen LogP contribution in [0.4, 0.5) is 0 Å². The zero-order chi connectivity index (χ0) is 14.8. The molecule has 2 heterocycles. The minimum absolute atomic E-state index is 0. The summed E-state index contributed by atoms with van der Waals surface area (Å²) >= 11 is 0. The van der Waals surface area contributed by atoms with Crippen LogP contribution in [-0.2, 0) is 31.0 Å². The Morgan fingerprint density at radius 1 is 1.22 bits per heavy atom. The number of rotatable bonds is 4. The van der Waals surface area contributed by atoms with Crippen LogP contribution < -0.4 is 10.6 Å². The first-order valence-electron chi connectivity index (χ1n) is 7.21. The second-order valence-corrected chi connectivity index (χ2v) is 5.57. The third-order valence-electron chi connectivity index (χ3n) is 3.79. The predicted octanol–water partition coefficient (Wildman–Crippen LogP) is 2.26.